The van der Waals surface area contributed by atoms with E-state index in [1.807, 2.05) is 56.3 Å². The molecule has 0 spiro atoms. The Labute approximate surface area is 167 Å². The van der Waals surface area contributed by atoms with Gasteiger partial charge in [-0.25, -0.2) is 0 Å². The molecule has 2 rings (SSSR count). The topological polar surface area (TPSA) is 61.9 Å². The number of rotatable bonds is 8. The minimum atomic E-state index is -0.139. The number of hydrogen-bond donors (Lipinski definition) is 1. The van der Waals surface area contributed by atoms with Crippen molar-refractivity contribution in [1.29, 1.82) is 0 Å². The Morgan fingerprint density at radius 2 is 1.61 bits per heavy atom. The smallest absolute Gasteiger partial charge is 0.238 e. The fraction of sp³-hybridized carbons (Fsp3) is 0.364. The van der Waals surface area contributed by atoms with Gasteiger partial charge in [-0.3, -0.25) is 14.5 Å². The van der Waals surface area contributed by atoms with Crippen molar-refractivity contribution in [2.24, 2.45) is 0 Å². The van der Waals surface area contributed by atoms with Gasteiger partial charge < -0.3 is 15.0 Å². The van der Waals surface area contributed by atoms with Gasteiger partial charge in [0.15, 0.2) is 0 Å². The van der Waals surface area contributed by atoms with Crippen molar-refractivity contribution in [3.05, 3.63) is 59.2 Å². The summed E-state index contributed by atoms with van der Waals surface area (Å²) in [7, 11) is 5.13. The zero-order chi connectivity index (χ0) is 20.7. The van der Waals surface area contributed by atoms with Crippen LogP contribution in [0, 0.1) is 13.8 Å². The summed E-state index contributed by atoms with van der Waals surface area (Å²) in [5.74, 6) is 0.553. The van der Waals surface area contributed by atoms with Crippen molar-refractivity contribution in [2.45, 2.75) is 20.4 Å². The van der Waals surface area contributed by atoms with Gasteiger partial charge in [0.2, 0.25) is 11.8 Å². The highest BCUT2D eigenvalue weighted by atomic mass is 16.5. The van der Waals surface area contributed by atoms with Gasteiger partial charge in [-0.05, 0) is 38.1 Å². The van der Waals surface area contributed by atoms with E-state index in [0.29, 0.717) is 6.54 Å². The van der Waals surface area contributed by atoms with Crippen LogP contribution in [-0.4, -0.2) is 55.9 Å². The third kappa shape index (κ3) is 5.82. The van der Waals surface area contributed by atoms with E-state index in [1.54, 1.807) is 31.0 Å². The van der Waals surface area contributed by atoms with Crippen molar-refractivity contribution >= 4 is 17.5 Å². The molecule has 0 saturated heterocycles. The fourth-order valence-corrected chi connectivity index (χ4v) is 3.02. The molecule has 6 nitrogen and oxygen atoms in total. The molecular formula is C22H29N3O3. The number of nitrogens with one attached hydrogen (secondary N) is 1. The molecule has 6 heteroatoms. The number of likely N-dealkylation sites (N-methyl/N-ethyl adjacent to an activating group) is 2. The Morgan fingerprint density at radius 3 is 2.25 bits per heavy atom. The van der Waals surface area contributed by atoms with Gasteiger partial charge in [-0.2, -0.15) is 0 Å². The second-order valence-corrected chi connectivity index (χ2v) is 7.05. The number of carbonyl (C=O) groups is 2. The van der Waals surface area contributed by atoms with Crippen LogP contribution < -0.4 is 10.1 Å². The zero-order valence-electron chi connectivity index (χ0n) is 17.3. The molecule has 0 aliphatic rings. The summed E-state index contributed by atoms with van der Waals surface area (Å²) in [5, 5.41) is 2.94. The van der Waals surface area contributed by atoms with Gasteiger partial charge in [-0.1, -0.05) is 36.4 Å². The van der Waals surface area contributed by atoms with Crippen LogP contribution >= 0.6 is 0 Å². The molecule has 0 heterocycles. The van der Waals surface area contributed by atoms with Crippen LogP contribution in [0.3, 0.4) is 0 Å². The maximum atomic E-state index is 12.5. The van der Waals surface area contributed by atoms with Crippen molar-refractivity contribution in [2.75, 3.05) is 39.6 Å². The highest BCUT2D eigenvalue weighted by molar-refractivity contribution is 5.94. The van der Waals surface area contributed by atoms with E-state index in [1.165, 1.54) is 0 Å². The minimum absolute atomic E-state index is 0.0618. The predicted octanol–water partition coefficient (Wildman–Crippen LogP) is 2.84. The monoisotopic (exact) mass is 383 g/mol. The van der Waals surface area contributed by atoms with Crippen molar-refractivity contribution in [1.82, 2.24) is 9.80 Å². The first kappa shape index (κ1) is 21.4. The molecule has 0 atom stereocenters. The SMILES string of the molecule is COc1ccccc1CN(C)C(=O)CN(C)CC(=O)Nc1c(C)cccc1C. The van der Waals surface area contributed by atoms with E-state index in [2.05, 4.69) is 5.32 Å². The van der Waals surface area contributed by atoms with Crippen LogP contribution in [0.2, 0.25) is 0 Å². The van der Waals surface area contributed by atoms with E-state index in [4.69, 9.17) is 4.74 Å². The number of amides is 2. The first-order chi connectivity index (χ1) is 13.3. The zero-order valence-corrected chi connectivity index (χ0v) is 17.3. The predicted molar refractivity (Wildman–Crippen MR) is 112 cm³/mol. The number of carbonyl (C=O) groups excluding carboxylic acids is 2. The van der Waals surface area contributed by atoms with E-state index in [9.17, 15) is 9.59 Å². The fourth-order valence-electron chi connectivity index (χ4n) is 3.02. The highest BCUT2D eigenvalue weighted by Gasteiger charge is 2.16. The lowest BCUT2D eigenvalue weighted by Crippen LogP contribution is -2.39. The summed E-state index contributed by atoms with van der Waals surface area (Å²) in [6.45, 7) is 4.67. The molecule has 0 aromatic heterocycles. The van der Waals surface area contributed by atoms with Crippen molar-refractivity contribution in [3.8, 4) is 5.75 Å². The van der Waals surface area contributed by atoms with Gasteiger partial charge in [0.05, 0.1) is 20.2 Å². The van der Waals surface area contributed by atoms with Crippen LogP contribution in [0.25, 0.3) is 0 Å². The molecule has 0 radical (unpaired) electrons. The summed E-state index contributed by atoms with van der Waals surface area (Å²) < 4.78 is 5.33. The molecule has 0 aliphatic carbocycles. The van der Waals surface area contributed by atoms with E-state index < -0.39 is 0 Å². The third-order valence-electron chi connectivity index (χ3n) is 4.59. The van der Waals surface area contributed by atoms with Gasteiger partial charge in [0.25, 0.3) is 0 Å². The van der Waals surface area contributed by atoms with Crippen LogP contribution in [-0.2, 0) is 16.1 Å². The van der Waals surface area contributed by atoms with Gasteiger partial charge in [0, 0.05) is 24.8 Å². The van der Waals surface area contributed by atoms with Crippen molar-refractivity contribution in [3.63, 3.8) is 0 Å². The third-order valence-corrected chi connectivity index (χ3v) is 4.59. The van der Waals surface area contributed by atoms with Gasteiger partial charge in [0.1, 0.15) is 5.75 Å². The lowest BCUT2D eigenvalue weighted by Gasteiger charge is -2.22. The summed E-state index contributed by atoms with van der Waals surface area (Å²) >= 11 is 0. The molecule has 1 N–H and O–H groups in total. The molecule has 28 heavy (non-hydrogen) atoms. The van der Waals surface area contributed by atoms with E-state index in [-0.39, 0.29) is 24.9 Å². The second-order valence-electron chi connectivity index (χ2n) is 7.05. The van der Waals surface area contributed by atoms with Crippen LogP contribution in [0.1, 0.15) is 16.7 Å². The van der Waals surface area contributed by atoms with E-state index >= 15 is 0 Å². The summed E-state index contributed by atoms with van der Waals surface area (Å²) in [5.41, 5.74) is 3.81. The molecule has 0 unspecified atom stereocenters. The first-order valence-corrected chi connectivity index (χ1v) is 9.22. The molecule has 2 aromatic carbocycles. The summed E-state index contributed by atoms with van der Waals surface area (Å²) in [4.78, 5) is 28.2. The molecule has 150 valence electrons. The van der Waals surface area contributed by atoms with E-state index in [0.717, 1.165) is 28.1 Å². The van der Waals surface area contributed by atoms with Crippen LogP contribution in [0.15, 0.2) is 42.5 Å². The minimum Gasteiger partial charge on any atom is -0.496 e. The molecule has 2 aromatic rings. The molecule has 0 bridgehead atoms. The van der Waals surface area contributed by atoms with Gasteiger partial charge in [-0.15, -0.1) is 0 Å². The highest BCUT2D eigenvalue weighted by Crippen LogP contribution is 2.20. The van der Waals surface area contributed by atoms with Crippen LogP contribution in [0.4, 0.5) is 5.69 Å². The number of aryl methyl sites for hydroxylation is 2. The Balaban J connectivity index is 1.88. The number of hydrogen-bond acceptors (Lipinski definition) is 4. The molecule has 0 aliphatic heterocycles. The number of para-hydroxylation sites is 2. The largest absolute Gasteiger partial charge is 0.496 e. The maximum absolute atomic E-state index is 12.5. The number of anilines is 1. The molecule has 0 saturated carbocycles. The Bertz CT molecular complexity index is 815. The maximum Gasteiger partial charge on any atom is 0.238 e. The van der Waals surface area contributed by atoms with Gasteiger partial charge >= 0.3 is 0 Å². The Kier molecular flexibility index (Phi) is 7.58. The molecule has 2 amide bonds. The number of ether oxygens (including phenoxy) is 1. The lowest BCUT2D eigenvalue weighted by atomic mass is 10.1. The second kappa shape index (κ2) is 9.90. The summed E-state index contributed by atoms with van der Waals surface area (Å²) in [6, 6.07) is 13.5. The number of nitrogens with zero attached hydrogens (tertiary/aromatic N) is 2. The first-order valence-electron chi connectivity index (χ1n) is 9.22. The average Bonchev–Trinajstić information content (AvgIpc) is 2.65. The molecular weight excluding hydrogens is 354 g/mol. The Morgan fingerprint density at radius 1 is 0.964 bits per heavy atom. The lowest BCUT2D eigenvalue weighted by molar-refractivity contribution is -0.131. The summed E-state index contributed by atoms with van der Waals surface area (Å²) in [6.07, 6.45) is 0. The normalized spacial score (nSPS) is 10.6. The number of benzene rings is 2. The van der Waals surface area contributed by atoms with Crippen LogP contribution in [0.5, 0.6) is 5.75 Å². The number of methoxy groups -OCH3 is 1. The molecule has 0 fully saturated rings. The average molecular weight is 383 g/mol. The quantitative estimate of drug-likeness (QED) is 0.761. The Hall–Kier alpha value is -2.86. The standard InChI is InChI=1S/C22H29N3O3/c1-16-9-8-10-17(2)22(16)23-20(26)14-24(3)15-21(27)25(4)13-18-11-6-7-12-19(18)28-5/h6-12H,13-15H2,1-5H3,(H,23,26). The van der Waals surface area contributed by atoms with Crippen molar-refractivity contribution < 1.29 is 14.3 Å².